The number of carbonyl (C=O) groups is 1. The average molecular weight is 267 g/mol. The smallest absolute Gasteiger partial charge is 0.254 e. The van der Waals surface area contributed by atoms with Gasteiger partial charge in [-0.1, -0.05) is 31.5 Å². The van der Waals surface area contributed by atoms with E-state index in [4.69, 9.17) is 11.6 Å². The monoisotopic (exact) mass is 266 g/mol. The van der Waals surface area contributed by atoms with Crippen LogP contribution in [-0.4, -0.2) is 28.9 Å². The molecule has 0 bridgehead atoms. The Morgan fingerprint density at radius 1 is 1.50 bits per heavy atom. The first-order valence-electron chi connectivity index (χ1n) is 6.19. The van der Waals surface area contributed by atoms with Crippen LogP contribution in [0.2, 0.25) is 5.15 Å². The van der Waals surface area contributed by atoms with E-state index < -0.39 is 0 Å². The number of carbonyl (C=O) groups excluding carboxylic acids is 1. The quantitative estimate of drug-likeness (QED) is 0.584. The van der Waals surface area contributed by atoms with Gasteiger partial charge in [0, 0.05) is 24.3 Å². The second kappa shape index (κ2) is 7.17. The third-order valence-electron chi connectivity index (χ3n) is 2.59. The molecule has 98 valence electrons. The molecule has 0 N–H and O–H groups in total. The third-order valence-corrected chi connectivity index (χ3v) is 2.78. The zero-order valence-electron chi connectivity index (χ0n) is 10.9. The minimum absolute atomic E-state index is 0.0178. The highest BCUT2D eigenvalue weighted by molar-refractivity contribution is 6.29. The van der Waals surface area contributed by atoms with Crippen LogP contribution < -0.4 is 0 Å². The molecule has 4 heteroatoms. The molecule has 0 aliphatic rings. The van der Waals surface area contributed by atoms with Crippen molar-refractivity contribution in [2.75, 3.05) is 13.1 Å². The number of halogens is 1. The van der Waals surface area contributed by atoms with Crippen LogP contribution in [0.15, 0.2) is 24.8 Å². The fourth-order valence-corrected chi connectivity index (χ4v) is 1.97. The summed E-state index contributed by atoms with van der Waals surface area (Å²) in [7, 11) is 0. The van der Waals surface area contributed by atoms with Crippen LogP contribution in [0.5, 0.6) is 0 Å². The van der Waals surface area contributed by atoms with Gasteiger partial charge in [-0.3, -0.25) is 4.79 Å². The fraction of sp³-hybridized carbons (Fsp3) is 0.429. The molecule has 0 aliphatic heterocycles. The maximum atomic E-state index is 12.3. The molecular formula is C14H19ClN2O. The first-order valence-corrected chi connectivity index (χ1v) is 6.56. The highest BCUT2D eigenvalue weighted by Gasteiger charge is 2.15. The van der Waals surface area contributed by atoms with Gasteiger partial charge < -0.3 is 4.90 Å². The van der Waals surface area contributed by atoms with Crippen LogP contribution in [-0.2, 0) is 6.42 Å². The summed E-state index contributed by atoms with van der Waals surface area (Å²) >= 11 is 5.93. The average Bonchev–Trinajstić information content (AvgIpc) is 2.36. The molecular weight excluding hydrogens is 248 g/mol. The van der Waals surface area contributed by atoms with E-state index >= 15 is 0 Å². The third kappa shape index (κ3) is 3.84. The van der Waals surface area contributed by atoms with Crippen molar-refractivity contribution in [3.05, 3.63) is 41.2 Å². The standard InChI is InChI=1S/C14H19ClN2O/c1-4-7-17(8-5-2)14(18)11-9-12(6-3)16-13(15)10-11/h4,9-10H,1,5-8H2,2-3H3. The van der Waals surface area contributed by atoms with Crippen LogP contribution >= 0.6 is 11.6 Å². The Morgan fingerprint density at radius 3 is 2.78 bits per heavy atom. The van der Waals surface area contributed by atoms with Crippen LogP contribution in [0.4, 0.5) is 0 Å². The maximum absolute atomic E-state index is 12.3. The van der Waals surface area contributed by atoms with E-state index in [0.717, 1.165) is 18.5 Å². The topological polar surface area (TPSA) is 33.2 Å². The lowest BCUT2D eigenvalue weighted by Crippen LogP contribution is -2.32. The van der Waals surface area contributed by atoms with E-state index in [2.05, 4.69) is 11.6 Å². The lowest BCUT2D eigenvalue weighted by atomic mass is 10.1. The maximum Gasteiger partial charge on any atom is 0.254 e. The van der Waals surface area contributed by atoms with Crippen molar-refractivity contribution < 1.29 is 4.79 Å². The summed E-state index contributed by atoms with van der Waals surface area (Å²) in [6, 6.07) is 3.43. The van der Waals surface area contributed by atoms with Crippen molar-refractivity contribution >= 4 is 17.5 Å². The van der Waals surface area contributed by atoms with Crippen LogP contribution in [0, 0.1) is 0 Å². The summed E-state index contributed by atoms with van der Waals surface area (Å²) in [5.74, 6) is -0.0178. The number of pyridine rings is 1. The number of amides is 1. The Kier molecular flexibility index (Phi) is 5.86. The molecule has 1 aromatic heterocycles. The van der Waals surface area contributed by atoms with Crippen LogP contribution in [0.1, 0.15) is 36.3 Å². The summed E-state index contributed by atoms with van der Waals surface area (Å²) in [6.07, 6.45) is 3.41. The molecule has 0 aliphatic carbocycles. The van der Waals surface area contributed by atoms with Gasteiger partial charge in [0.05, 0.1) is 0 Å². The normalized spacial score (nSPS) is 10.2. The zero-order chi connectivity index (χ0) is 13.5. The predicted molar refractivity (Wildman–Crippen MR) is 75.0 cm³/mol. The van der Waals surface area contributed by atoms with E-state index in [-0.39, 0.29) is 5.91 Å². The predicted octanol–water partition coefficient (Wildman–Crippen LogP) is 3.34. The van der Waals surface area contributed by atoms with Gasteiger partial charge in [-0.2, -0.15) is 0 Å². The van der Waals surface area contributed by atoms with E-state index in [1.807, 2.05) is 13.8 Å². The molecule has 18 heavy (non-hydrogen) atoms. The second-order valence-corrected chi connectivity index (χ2v) is 4.45. The van der Waals surface area contributed by atoms with Crippen molar-refractivity contribution in [1.82, 2.24) is 9.88 Å². The molecule has 0 saturated carbocycles. The summed E-state index contributed by atoms with van der Waals surface area (Å²) in [4.78, 5) is 18.3. The fourth-order valence-electron chi connectivity index (χ4n) is 1.74. The summed E-state index contributed by atoms with van der Waals surface area (Å²) in [5.41, 5.74) is 1.43. The van der Waals surface area contributed by atoms with Gasteiger partial charge in [-0.15, -0.1) is 6.58 Å². The Balaban J connectivity index is 2.99. The number of hydrogen-bond donors (Lipinski definition) is 0. The van der Waals surface area contributed by atoms with E-state index in [1.54, 1.807) is 23.1 Å². The minimum atomic E-state index is -0.0178. The lowest BCUT2D eigenvalue weighted by molar-refractivity contribution is 0.0773. The molecule has 1 aromatic rings. The first kappa shape index (κ1) is 14.7. The minimum Gasteiger partial charge on any atom is -0.335 e. The Hall–Kier alpha value is -1.35. The number of nitrogens with zero attached hydrogens (tertiary/aromatic N) is 2. The van der Waals surface area contributed by atoms with Crippen molar-refractivity contribution in [2.24, 2.45) is 0 Å². The second-order valence-electron chi connectivity index (χ2n) is 4.06. The van der Waals surface area contributed by atoms with Crippen molar-refractivity contribution in [2.45, 2.75) is 26.7 Å². The molecule has 0 spiro atoms. The van der Waals surface area contributed by atoms with Crippen molar-refractivity contribution in [3.63, 3.8) is 0 Å². The largest absolute Gasteiger partial charge is 0.335 e. The van der Waals surface area contributed by atoms with Gasteiger partial charge in [-0.05, 0) is 25.0 Å². The zero-order valence-corrected chi connectivity index (χ0v) is 11.7. The van der Waals surface area contributed by atoms with Gasteiger partial charge in [0.15, 0.2) is 0 Å². The number of rotatable bonds is 6. The van der Waals surface area contributed by atoms with E-state index in [1.165, 1.54) is 0 Å². The molecule has 0 unspecified atom stereocenters. The van der Waals surface area contributed by atoms with Crippen LogP contribution in [0.3, 0.4) is 0 Å². The van der Waals surface area contributed by atoms with Crippen molar-refractivity contribution in [3.8, 4) is 0 Å². The van der Waals surface area contributed by atoms with Gasteiger partial charge in [-0.25, -0.2) is 4.98 Å². The van der Waals surface area contributed by atoms with E-state index in [9.17, 15) is 4.79 Å². The van der Waals surface area contributed by atoms with Gasteiger partial charge >= 0.3 is 0 Å². The molecule has 3 nitrogen and oxygen atoms in total. The number of aryl methyl sites for hydroxylation is 1. The molecule has 1 heterocycles. The highest BCUT2D eigenvalue weighted by atomic mass is 35.5. The van der Waals surface area contributed by atoms with Gasteiger partial charge in [0.25, 0.3) is 5.91 Å². The Labute approximate surface area is 113 Å². The molecule has 1 amide bonds. The lowest BCUT2D eigenvalue weighted by Gasteiger charge is -2.20. The molecule has 0 fully saturated rings. The van der Waals surface area contributed by atoms with Crippen LogP contribution in [0.25, 0.3) is 0 Å². The number of hydrogen-bond acceptors (Lipinski definition) is 2. The molecule has 0 radical (unpaired) electrons. The molecule has 0 aromatic carbocycles. The SMILES string of the molecule is C=CCN(CCC)C(=O)c1cc(Cl)nc(CC)c1. The summed E-state index contributed by atoms with van der Waals surface area (Å²) in [5, 5.41) is 0.368. The summed E-state index contributed by atoms with van der Waals surface area (Å²) in [6.45, 7) is 8.97. The van der Waals surface area contributed by atoms with Gasteiger partial charge in [0.1, 0.15) is 5.15 Å². The van der Waals surface area contributed by atoms with Gasteiger partial charge in [0.2, 0.25) is 0 Å². The van der Waals surface area contributed by atoms with E-state index in [0.29, 0.717) is 23.8 Å². The van der Waals surface area contributed by atoms with Crippen molar-refractivity contribution in [1.29, 1.82) is 0 Å². The Morgan fingerprint density at radius 2 is 2.22 bits per heavy atom. The molecule has 0 saturated heterocycles. The molecule has 1 rings (SSSR count). The number of aromatic nitrogens is 1. The summed E-state index contributed by atoms with van der Waals surface area (Å²) < 4.78 is 0. The first-order chi connectivity index (χ1) is 8.62. The molecule has 0 atom stereocenters. The Bertz CT molecular complexity index is 432. The highest BCUT2D eigenvalue weighted by Crippen LogP contribution is 2.14.